The summed E-state index contributed by atoms with van der Waals surface area (Å²) in [5.41, 5.74) is 0.824. The Hall–Kier alpha value is -1.64. The SMILES string of the molecule is CCC1=C2C=CC(=C1)C2(C(C)=O)C(=O)O. The van der Waals surface area contributed by atoms with Gasteiger partial charge in [-0.25, -0.2) is 0 Å². The molecule has 0 heterocycles. The van der Waals surface area contributed by atoms with Gasteiger partial charge in [-0.05, 0) is 30.1 Å². The standard InChI is InChI=1S/C12H12O3/c1-3-8-6-9-4-5-10(8)12(9,7(2)13)11(14)15/h4-6H,3H2,1-2H3,(H,14,15). The van der Waals surface area contributed by atoms with E-state index in [0.29, 0.717) is 11.1 Å². The van der Waals surface area contributed by atoms with E-state index < -0.39 is 11.4 Å². The molecule has 0 aromatic heterocycles. The minimum absolute atomic E-state index is 0.315. The Morgan fingerprint density at radius 2 is 2.07 bits per heavy atom. The van der Waals surface area contributed by atoms with Crippen molar-refractivity contribution in [2.24, 2.45) is 5.41 Å². The molecule has 0 saturated carbocycles. The fraction of sp³-hybridized carbons (Fsp3) is 0.333. The minimum atomic E-state index is -1.40. The molecule has 0 fully saturated rings. The van der Waals surface area contributed by atoms with E-state index in [1.165, 1.54) is 6.92 Å². The average Bonchev–Trinajstić information content (AvgIpc) is 2.69. The topological polar surface area (TPSA) is 54.4 Å². The van der Waals surface area contributed by atoms with Crippen LogP contribution in [0.2, 0.25) is 0 Å². The van der Waals surface area contributed by atoms with Crippen LogP contribution in [-0.4, -0.2) is 16.9 Å². The fourth-order valence-corrected chi connectivity index (χ4v) is 2.42. The van der Waals surface area contributed by atoms with Gasteiger partial charge in [0.15, 0.2) is 11.2 Å². The average molecular weight is 204 g/mol. The maximum Gasteiger partial charge on any atom is 0.326 e. The van der Waals surface area contributed by atoms with Crippen molar-refractivity contribution in [3.05, 3.63) is 34.9 Å². The lowest BCUT2D eigenvalue weighted by Crippen LogP contribution is -2.37. The van der Waals surface area contributed by atoms with Crippen LogP contribution in [0.25, 0.3) is 0 Å². The van der Waals surface area contributed by atoms with Crippen molar-refractivity contribution in [2.45, 2.75) is 20.3 Å². The molecular formula is C12H12O3. The predicted molar refractivity (Wildman–Crippen MR) is 55.3 cm³/mol. The van der Waals surface area contributed by atoms with Crippen molar-refractivity contribution in [2.75, 3.05) is 0 Å². The summed E-state index contributed by atoms with van der Waals surface area (Å²) in [4.78, 5) is 23.0. The zero-order chi connectivity index (χ0) is 11.2. The predicted octanol–water partition coefficient (Wildman–Crippen LogP) is 1.86. The van der Waals surface area contributed by atoms with Crippen molar-refractivity contribution in [3.63, 3.8) is 0 Å². The summed E-state index contributed by atoms with van der Waals surface area (Å²) in [5.74, 6) is -1.38. The Bertz CT molecular complexity index is 435. The normalized spacial score (nSPS) is 27.2. The Kier molecular flexibility index (Phi) is 1.93. The highest BCUT2D eigenvalue weighted by molar-refractivity contribution is 6.12. The Morgan fingerprint density at radius 3 is 2.40 bits per heavy atom. The van der Waals surface area contributed by atoms with Crippen molar-refractivity contribution < 1.29 is 14.7 Å². The van der Waals surface area contributed by atoms with Crippen LogP contribution < -0.4 is 0 Å². The molecular weight excluding hydrogens is 192 g/mol. The van der Waals surface area contributed by atoms with E-state index in [9.17, 15) is 14.7 Å². The third kappa shape index (κ3) is 0.950. The maximum absolute atomic E-state index is 11.6. The molecule has 2 aliphatic carbocycles. The molecule has 1 atom stereocenters. The minimum Gasteiger partial charge on any atom is -0.480 e. The number of carbonyl (C=O) groups is 2. The molecule has 0 aromatic rings. The number of carbonyl (C=O) groups excluding carboxylic acids is 1. The van der Waals surface area contributed by atoms with E-state index in [4.69, 9.17) is 0 Å². The van der Waals surface area contributed by atoms with Crippen LogP contribution in [0.5, 0.6) is 0 Å². The van der Waals surface area contributed by atoms with E-state index in [-0.39, 0.29) is 5.78 Å². The van der Waals surface area contributed by atoms with Gasteiger partial charge in [0, 0.05) is 0 Å². The highest BCUT2D eigenvalue weighted by atomic mass is 16.4. The molecule has 0 saturated heterocycles. The van der Waals surface area contributed by atoms with E-state index in [0.717, 1.165) is 12.0 Å². The number of carboxylic acids is 1. The molecule has 0 aliphatic heterocycles. The van der Waals surface area contributed by atoms with Gasteiger partial charge in [0.05, 0.1) is 0 Å². The molecule has 0 radical (unpaired) electrons. The summed E-state index contributed by atoms with van der Waals surface area (Å²) < 4.78 is 0. The summed E-state index contributed by atoms with van der Waals surface area (Å²) >= 11 is 0. The summed E-state index contributed by atoms with van der Waals surface area (Å²) in [6, 6.07) is 0. The molecule has 78 valence electrons. The van der Waals surface area contributed by atoms with Crippen LogP contribution >= 0.6 is 0 Å². The van der Waals surface area contributed by atoms with Gasteiger partial charge in [0.2, 0.25) is 0 Å². The maximum atomic E-state index is 11.6. The van der Waals surface area contributed by atoms with Crippen molar-refractivity contribution in [1.29, 1.82) is 0 Å². The van der Waals surface area contributed by atoms with Gasteiger partial charge < -0.3 is 5.11 Å². The van der Waals surface area contributed by atoms with Crippen molar-refractivity contribution >= 4 is 11.8 Å². The van der Waals surface area contributed by atoms with Gasteiger partial charge in [-0.3, -0.25) is 9.59 Å². The highest BCUT2D eigenvalue weighted by Crippen LogP contribution is 2.51. The molecule has 2 aliphatic rings. The Balaban J connectivity index is 2.67. The van der Waals surface area contributed by atoms with E-state index in [1.54, 1.807) is 12.2 Å². The second-order valence-electron chi connectivity index (χ2n) is 3.84. The van der Waals surface area contributed by atoms with Crippen LogP contribution in [0.4, 0.5) is 0 Å². The first-order valence-electron chi connectivity index (χ1n) is 4.93. The first kappa shape index (κ1) is 9.90. The fourth-order valence-electron chi connectivity index (χ4n) is 2.42. The van der Waals surface area contributed by atoms with Crippen LogP contribution in [0.3, 0.4) is 0 Å². The largest absolute Gasteiger partial charge is 0.480 e. The quantitative estimate of drug-likeness (QED) is 0.714. The number of allylic oxidation sites excluding steroid dienone is 4. The summed E-state index contributed by atoms with van der Waals surface area (Å²) in [5, 5.41) is 9.29. The number of aliphatic carboxylic acids is 1. The number of fused-ring (bicyclic) bond motifs is 2. The Labute approximate surface area is 87.8 Å². The van der Waals surface area contributed by atoms with Crippen LogP contribution in [0.1, 0.15) is 20.3 Å². The van der Waals surface area contributed by atoms with Gasteiger partial charge in [-0.15, -0.1) is 0 Å². The number of rotatable bonds is 3. The molecule has 0 aromatic carbocycles. The monoisotopic (exact) mass is 204 g/mol. The second kappa shape index (κ2) is 2.92. The summed E-state index contributed by atoms with van der Waals surface area (Å²) in [6.45, 7) is 3.30. The van der Waals surface area contributed by atoms with Crippen molar-refractivity contribution in [1.82, 2.24) is 0 Å². The van der Waals surface area contributed by atoms with Gasteiger partial charge in [-0.1, -0.05) is 25.2 Å². The lowest BCUT2D eigenvalue weighted by atomic mass is 9.77. The van der Waals surface area contributed by atoms with Crippen molar-refractivity contribution in [3.8, 4) is 0 Å². The molecule has 1 unspecified atom stereocenters. The Morgan fingerprint density at radius 1 is 1.40 bits per heavy atom. The lowest BCUT2D eigenvalue weighted by Gasteiger charge is -2.21. The number of hydrogen-bond acceptors (Lipinski definition) is 2. The van der Waals surface area contributed by atoms with Gasteiger partial charge in [0.25, 0.3) is 0 Å². The zero-order valence-electron chi connectivity index (χ0n) is 8.70. The zero-order valence-corrected chi connectivity index (χ0v) is 8.70. The van der Waals surface area contributed by atoms with E-state index >= 15 is 0 Å². The number of carboxylic acid groups (broad SMARTS) is 1. The molecule has 15 heavy (non-hydrogen) atoms. The number of hydrogen-bond donors (Lipinski definition) is 1. The first-order chi connectivity index (χ1) is 7.05. The van der Waals surface area contributed by atoms with Crippen LogP contribution in [-0.2, 0) is 9.59 Å². The number of ketones is 1. The van der Waals surface area contributed by atoms with Crippen LogP contribution in [0.15, 0.2) is 34.9 Å². The van der Waals surface area contributed by atoms with E-state index in [1.807, 2.05) is 13.0 Å². The molecule has 3 nitrogen and oxygen atoms in total. The summed E-state index contributed by atoms with van der Waals surface area (Å²) in [6.07, 6.45) is 6.06. The smallest absolute Gasteiger partial charge is 0.326 e. The summed E-state index contributed by atoms with van der Waals surface area (Å²) in [7, 11) is 0. The van der Waals surface area contributed by atoms with Crippen LogP contribution in [0, 0.1) is 5.41 Å². The molecule has 1 N–H and O–H groups in total. The third-order valence-electron chi connectivity index (χ3n) is 3.17. The molecule has 2 rings (SSSR count). The van der Waals surface area contributed by atoms with E-state index in [2.05, 4.69) is 0 Å². The van der Waals surface area contributed by atoms with Gasteiger partial charge >= 0.3 is 5.97 Å². The van der Waals surface area contributed by atoms with Gasteiger partial charge in [-0.2, -0.15) is 0 Å². The molecule has 3 heteroatoms. The first-order valence-corrected chi connectivity index (χ1v) is 4.93. The highest BCUT2D eigenvalue weighted by Gasteiger charge is 2.54. The third-order valence-corrected chi connectivity index (χ3v) is 3.17. The molecule has 0 spiro atoms. The molecule has 2 bridgehead atoms. The molecule has 0 amide bonds. The number of Topliss-reactive ketones (excluding diaryl/α,β-unsaturated/α-hetero) is 1. The van der Waals surface area contributed by atoms with Gasteiger partial charge in [0.1, 0.15) is 0 Å². The lowest BCUT2D eigenvalue weighted by molar-refractivity contribution is -0.148. The second-order valence-corrected chi connectivity index (χ2v) is 3.84.